The first-order valence-electron chi connectivity index (χ1n) is 6.89. The fourth-order valence-corrected chi connectivity index (χ4v) is 2.96. The lowest BCUT2D eigenvalue weighted by Crippen LogP contribution is -2.09. The van der Waals surface area contributed by atoms with Crippen LogP contribution >= 0.6 is 11.3 Å². The van der Waals surface area contributed by atoms with E-state index in [4.69, 9.17) is 4.74 Å². The van der Waals surface area contributed by atoms with Crippen molar-refractivity contribution in [2.45, 2.75) is 26.4 Å². The summed E-state index contributed by atoms with van der Waals surface area (Å²) in [6, 6.07) is 16.4. The molecule has 2 aromatic carbocycles. The van der Waals surface area contributed by atoms with E-state index in [0.717, 1.165) is 28.3 Å². The Kier molecular flexibility index (Phi) is 3.70. The fraction of sp³-hybridized carbons (Fsp3) is 0.235. The molecule has 0 radical (unpaired) electrons. The maximum atomic E-state index is 5.80. The molecule has 3 rings (SSSR count). The maximum absolute atomic E-state index is 5.80. The molecule has 0 saturated heterocycles. The van der Waals surface area contributed by atoms with Crippen LogP contribution in [0.1, 0.15) is 20.3 Å². The van der Waals surface area contributed by atoms with E-state index in [0.29, 0.717) is 0 Å². The second-order valence-electron chi connectivity index (χ2n) is 4.85. The normalized spacial score (nSPS) is 12.5. The van der Waals surface area contributed by atoms with Gasteiger partial charge in [-0.2, -0.15) is 0 Å². The summed E-state index contributed by atoms with van der Waals surface area (Å²) in [6.07, 6.45) is 1.27. The monoisotopic (exact) mass is 283 g/mol. The van der Waals surface area contributed by atoms with Crippen molar-refractivity contribution in [3.05, 3.63) is 48.5 Å². The molecule has 1 atom stereocenters. The van der Waals surface area contributed by atoms with Crippen LogP contribution in [0.4, 0.5) is 0 Å². The van der Waals surface area contributed by atoms with Gasteiger partial charge in [0.15, 0.2) is 0 Å². The second-order valence-corrected chi connectivity index (χ2v) is 5.88. The average molecular weight is 283 g/mol. The molecule has 3 heteroatoms. The van der Waals surface area contributed by atoms with E-state index in [1.165, 1.54) is 4.70 Å². The van der Waals surface area contributed by atoms with Gasteiger partial charge in [0.25, 0.3) is 0 Å². The van der Waals surface area contributed by atoms with Crippen LogP contribution in [0.3, 0.4) is 0 Å². The minimum atomic E-state index is 0.253. The highest BCUT2D eigenvalue weighted by atomic mass is 32.1. The smallest absolute Gasteiger partial charge is 0.124 e. The molecule has 0 aliphatic rings. The Bertz CT molecular complexity index is 669. The molecule has 0 aliphatic heterocycles. The Hall–Kier alpha value is -1.87. The summed E-state index contributed by atoms with van der Waals surface area (Å²) in [5.74, 6) is 0.921. The summed E-state index contributed by atoms with van der Waals surface area (Å²) >= 11 is 1.72. The van der Waals surface area contributed by atoms with Crippen molar-refractivity contribution in [2.24, 2.45) is 0 Å². The quantitative estimate of drug-likeness (QED) is 0.661. The molecule has 1 unspecified atom stereocenters. The van der Waals surface area contributed by atoms with Gasteiger partial charge in [-0.25, -0.2) is 4.98 Å². The first kappa shape index (κ1) is 13.1. The first-order chi connectivity index (χ1) is 9.76. The lowest BCUT2D eigenvalue weighted by molar-refractivity contribution is 0.217. The molecule has 0 saturated carbocycles. The van der Waals surface area contributed by atoms with Gasteiger partial charge in [-0.05, 0) is 49.7 Å². The number of para-hydroxylation sites is 1. The van der Waals surface area contributed by atoms with E-state index in [1.54, 1.807) is 11.3 Å². The van der Waals surface area contributed by atoms with E-state index in [9.17, 15) is 0 Å². The van der Waals surface area contributed by atoms with Crippen molar-refractivity contribution in [1.82, 2.24) is 4.98 Å². The van der Waals surface area contributed by atoms with Crippen LogP contribution in [0.25, 0.3) is 20.8 Å². The van der Waals surface area contributed by atoms with Crippen molar-refractivity contribution in [1.29, 1.82) is 0 Å². The zero-order valence-electron chi connectivity index (χ0n) is 11.7. The van der Waals surface area contributed by atoms with Gasteiger partial charge in [0.1, 0.15) is 10.8 Å². The van der Waals surface area contributed by atoms with Gasteiger partial charge < -0.3 is 4.74 Å². The topological polar surface area (TPSA) is 22.1 Å². The van der Waals surface area contributed by atoms with E-state index in [-0.39, 0.29) is 6.10 Å². The number of rotatable bonds is 4. The molecule has 1 aromatic heterocycles. The number of hydrogen-bond acceptors (Lipinski definition) is 3. The fourth-order valence-electron chi connectivity index (χ4n) is 1.99. The number of aromatic nitrogens is 1. The van der Waals surface area contributed by atoms with E-state index in [2.05, 4.69) is 43.1 Å². The molecule has 0 fully saturated rings. The van der Waals surface area contributed by atoms with Crippen LogP contribution in [0, 0.1) is 0 Å². The van der Waals surface area contributed by atoms with Crippen LogP contribution in [-0.4, -0.2) is 11.1 Å². The van der Waals surface area contributed by atoms with Crippen molar-refractivity contribution in [3.63, 3.8) is 0 Å². The van der Waals surface area contributed by atoms with Crippen LogP contribution in [0.15, 0.2) is 48.5 Å². The third-order valence-corrected chi connectivity index (χ3v) is 4.39. The van der Waals surface area contributed by atoms with Crippen LogP contribution < -0.4 is 4.74 Å². The number of benzene rings is 2. The average Bonchev–Trinajstić information content (AvgIpc) is 2.91. The predicted molar refractivity (Wildman–Crippen MR) is 85.4 cm³/mol. The molecule has 1 heterocycles. The van der Waals surface area contributed by atoms with Gasteiger partial charge in [0.2, 0.25) is 0 Å². The number of hydrogen-bond donors (Lipinski definition) is 0. The molecule has 0 bridgehead atoms. The molecule has 102 valence electrons. The highest BCUT2D eigenvalue weighted by molar-refractivity contribution is 7.21. The molecule has 2 nitrogen and oxygen atoms in total. The van der Waals surface area contributed by atoms with Crippen LogP contribution in [0.2, 0.25) is 0 Å². The lowest BCUT2D eigenvalue weighted by Gasteiger charge is -2.12. The molecule has 0 N–H and O–H groups in total. The third kappa shape index (κ3) is 2.68. The molecular weight excluding hydrogens is 266 g/mol. The van der Waals surface area contributed by atoms with Crippen molar-refractivity contribution in [3.8, 4) is 16.3 Å². The predicted octanol–water partition coefficient (Wildman–Crippen LogP) is 5.14. The van der Waals surface area contributed by atoms with E-state index < -0.39 is 0 Å². The number of fused-ring (bicyclic) bond motifs is 1. The summed E-state index contributed by atoms with van der Waals surface area (Å²) in [5.41, 5.74) is 2.20. The van der Waals surface area contributed by atoms with Gasteiger partial charge >= 0.3 is 0 Å². The molecule has 0 spiro atoms. The molecule has 0 aliphatic carbocycles. The number of ether oxygens (including phenoxy) is 1. The zero-order valence-corrected chi connectivity index (χ0v) is 12.5. The van der Waals surface area contributed by atoms with Gasteiger partial charge in [0.05, 0.1) is 16.3 Å². The molecular formula is C17H17NOS. The third-order valence-electron chi connectivity index (χ3n) is 3.31. The zero-order chi connectivity index (χ0) is 13.9. The van der Waals surface area contributed by atoms with E-state index in [1.807, 2.05) is 24.3 Å². The molecule has 3 aromatic rings. The van der Waals surface area contributed by atoms with Crippen LogP contribution in [0.5, 0.6) is 5.75 Å². The number of thiazole rings is 1. The van der Waals surface area contributed by atoms with Gasteiger partial charge in [-0.15, -0.1) is 11.3 Å². The van der Waals surface area contributed by atoms with E-state index >= 15 is 0 Å². The summed E-state index contributed by atoms with van der Waals surface area (Å²) in [7, 11) is 0. The van der Waals surface area contributed by atoms with Crippen molar-refractivity contribution < 1.29 is 4.74 Å². The Morgan fingerprint density at radius 1 is 1.10 bits per heavy atom. The van der Waals surface area contributed by atoms with Crippen LogP contribution in [-0.2, 0) is 0 Å². The highest BCUT2D eigenvalue weighted by Crippen LogP contribution is 2.31. The molecule has 0 amide bonds. The summed E-state index contributed by atoms with van der Waals surface area (Å²) in [6.45, 7) is 4.21. The summed E-state index contributed by atoms with van der Waals surface area (Å²) in [4.78, 5) is 4.67. The highest BCUT2D eigenvalue weighted by Gasteiger charge is 2.06. The maximum Gasteiger partial charge on any atom is 0.124 e. The second kappa shape index (κ2) is 5.63. The van der Waals surface area contributed by atoms with Crippen molar-refractivity contribution in [2.75, 3.05) is 0 Å². The summed E-state index contributed by atoms with van der Waals surface area (Å²) in [5, 5.41) is 1.06. The summed E-state index contributed by atoms with van der Waals surface area (Å²) < 4.78 is 7.02. The largest absolute Gasteiger partial charge is 0.491 e. The van der Waals surface area contributed by atoms with Gasteiger partial charge in [-0.1, -0.05) is 19.1 Å². The van der Waals surface area contributed by atoms with Gasteiger partial charge in [0, 0.05) is 5.56 Å². The minimum absolute atomic E-state index is 0.253. The minimum Gasteiger partial charge on any atom is -0.491 e. The SMILES string of the molecule is CCC(C)Oc1ccc(-c2nc3ccccc3s2)cc1. The van der Waals surface area contributed by atoms with Gasteiger partial charge in [-0.3, -0.25) is 0 Å². The number of nitrogens with zero attached hydrogens (tertiary/aromatic N) is 1. The Balaban J connectivity index is 1.86. The Morgan fingerprint density at radius 3 is 2.55 bits per heavy atom. The standard InChI is InChI=1S/C17H17NOS/c1-3-12(2)19-14-10-8-13(9-11-14)17-18-15-6-4-5-7-16(15)20-17/h4-12H,3H2,1-2H3. The Morgan fingerprint density at radius 2 is 1.85 bits per heavy atom. The van der Waals surface area contributed by atoms with Crippen molar-refractivity contribution >= 4 is 21.6 Å². The lowest BCUT2D eigenvalue weighted by atomic mass is 10.2. The molecule has 20 heavy (non-hydrogen) atoms. The first-order valence-corrected chi connectivity index (χ1v) is 7.70. The Labute approximate surface area is 123 Å².